The molecule has 1 saturated carbocycles. The first-order valence-electron chi connectivity index (χ1n) is 9.93. The highest BCUT2D eigenvalue weighted by Gasteiger charge is 2.35. The molecule has 3 N–H and O–H groups in total. The highest BCUT2D eigenvalue weighted by molar-refractivity contribution is 6.09. The van der Waals surface area contributed by atoms with Gasteiger partial charge in [-0.15, -0.1) is 0 Å². The van der Waals surface area contributed by atoms with Gasteiger partial charge in [-0.25, -0.2) is 9.78 Å². The molecule has 1 aliphatic heterocycles. The zero-order valence-corrected chi connectivity index (χ0v) is 17.0. The zero-order valence-electron chi connectivity index (χ0n) is 17.0. The fourth-order valence-corrected chi connectivity index (χ4v) is 3.38. The number of β-amino-alcohol motifs (C(OH)–C–C–N with tert-alkyl or cyclic N) is 1. The Morgan fingerprint density at radius 1 is 1.32 bits per heavy atom. The average molecular weight is 425 g/mol. The molecule has 1 aromatic heterocycles. The molecule has 162 valence electrons. The highest BCUT2D eigenvalue weighted by Crippen LogP contribution is 2.28. The summed E-state index contributed by atoms with van der Waals surface area (Å²) in [6.45, 7) is -0.121. The summed E-state index contributed by atoms with van der Waals surface area (Å²) in [7, 11) is 1.24. The molecule has 0 spiro atoms. The Kier molecular flexibility index (Phi) is 5.72. The topological polar surface area (TPSA) is 126 Å². The number of amides is 2. The standard InChI is InChI=1S/C21H23N5O5/c1-31-21(30)15-11-25(8-9-27)20(29)18(15)24-16-10-13(19(28)23-14-3-4-14)2-5-17(16)26-7-6-22-12-26/h2,5-7,10,12,14,24,27H,3-4,8-9,11H2,1H3,(H,23,28). The lowest BCUT2D eigenvalue weighted by atomic mass is 10.1. The Labute approximate surface area is 178 Å². The summed E-state index contributed by atoms with van der Waals surface area (Å²) >= 11 is 0. The lowest BCUT2D eigenvalue weighted by molar-refractivity contribution is -0.136. The van der Waals surface area contributed by atoms with Gasteiger partial charge in [-0.1, -0.05) is 0 Å². The van der Waals surface area contributed by atoms with Crippen molar-refractivity contribution in [2.45, 2.75) is 18.9 Å². The van der Waals surface area contributed by atoms with E-state index >= 15 is 0 Å². The van der Waals surface area contributed by atoms with E-state index in [1.165, 1.54) is 12.0 Å². The number of benzene rings is 1. The van der Waals surface area contributed by atoms with Gasteiger partial charge < -0.3 is 29.9 Å². The molecular weight excluding hydrogens is 402 g/mol. The number of rotatable bonds is 8. The van der Waals surface area contributed by atoms with E-state index in [1.807, 2.05) is 0 Å². The van der Waals surface area contributed by atoms with Gasteiger partial charge in [-0.2, -0.15) is 0 Å². The number of imidazole rings is 1. The largest absolute Gasteiger partial charge is 0.466 e. The van der Waals surface area contributed by atoms with Crippen LogP contribution in [0.4, 0.5) is 5.69 Å². The van der Waals surface area contributed by atoms with E-state index < -0.39 is 11.9 Å². The molecule has 1 aliphatic carbocycles. The molecule has 0 radical (unpaired) electrons. The van der Waals surface area contributed by atoms with Crippen molar-refractivity contribution in [2.75, 3.05) is 32.1 Å². The van der Waals surface area contributed by atoms with Crippen LogP contribution in [0, 0.1) is 0 Å². The molecule has 2 amide bonds. The van der Waals surface area contributed by atoms with E-state index in [4.69, 9.17) is 4.74 Å². The van der Waals surface area contributed by atoms with Crippen LogP contribution >= 0.6 is 0 Å². The fourth-order valence-electron chi connectivity index (χ4n) is 3.38. The first-order chi connectivity index (χ1) is 15.0. The van der Waals surface area contributed by atoms with Crippen molar-refractivity contribution < 1.29 is 24.2 Å². The molecule has 0 atom stereocenters. The van der Waals surface area contributed by atoms with E-state index in [0.29, 0.717) is 16.9 Å². The minimum atomic E-state index is -0.636. The number of aromatic nitrogens is 2. The quantitative estimate of drug-likeness (QED) is 0.524. The van der Waals surface area contributed by atoms with E-state index in [-0.39, 0.29) is 42.9 Å². The maximum atomic E-state index is 12.9. The normalized spacial score (nSPS) is 15.9. The Bertz CT molecular complexity index is 1040. The van der Waals surface area contributed by atoms with Crippen LogP contribution in [-0.2, 0) is 14.3 Å². The summed E-state index contributed by atoms with van der Waals surface area (Å²) < 4.78 is 6.56. The van der Waals surface area contributed by atoms with Gasteiger partial charge in [-0.05, 0) is 31.0 Å². The smallest absolute Gasteiger partial charge is 0.337 e. The number of anilines is 1. The van der Waals surface area contributed by atoms with Crippen molar-refractivity contribution in [3.8, 4) is 5.69 Å². The molecule has 2 aliphatic rings. The Hall–Kier alpha value is -3.66. The van der Waals surface area contributed by atoms with Crippen LogP contribution in [0.2, 0.25) is 0 Å². The number of hydrogen-bond acceptors (Lipinski definition) is 7. The third-order valence-electron chi connectivity index (χ3n) is 5.17. The summed E-state index contributed by atoms with van der Waals surface area (Å²) in [5, 5.41) is 15.2. The predicted octanol–water partition coefficient (Wildman–Crippen LogP) is 0.438. The van der Waals surface area contributed by atoms with Gasteiger partial charge in [0.15, 0.2) is 0 Å². The monoisotopic (exact) mass is 425 g/mol. The molecule has 0 bridgehead atoms. The fraction of sp³-hybridized carbons (Fsp3) is 0.333. The first kappa shape index (κ1) is 20.6. The second-order valence-electron chi connectivity index (χ2n) is 7.37. The molecule has 10 heteroatoms. The van der Waals surface area contributed by atoms with Gasteiger partial charge in [0.1, 0.15) is 5.70 Å². The van der Waals surface area contributed by atoms with Crippen molar-refractivity contribution in [1.82, 2.24) is 19.8 Å². The third kappa shape index (κ3) is 4.29. The van der Waals surface area contributed by atoms with Gasteiger partial charge in [0.25, 0.3) is 11.8 Å². The molecule has 0 saturated heterocycles. The van der Waals surface area contributed by atoms with Crippen LogP contribution in [-0.4, -0.2) is 70.2 Å². The molecule has 0 unspecified atom stereocenters. The minimum Gasteiger partial charge on any atom is -0.466 e. The van der Waals surface area contributed by atoms with Crippen LogP contribution in [0.1, 0.15) is 23.2 Å². The third-order valence-corrected chi connectivity index (χ3v) is 5.17. The molecule has 31 heavy (non-hydrogen) atoms. The van der Waals surface area contributed by atoms with Crippen LogP contribution in [0.15, 0.2) is 48.2 Å². The summed E-state index contributed by atoms with van der Waals surface area (Å²) in [4.78, 5) is 43.1. The van der Waals surface area contributed by atoms with E-state index in [0.717, 1.165) is 12.8 Å². The molecule has 1 aromatic carbocycles. The van der Waals surface area contributed by atoms with Crippen molar-refractivity contribution >= 4 is 23.5 Å². The van der Waals surface area contributed by atoms with Gasteiger partial charge in [-0.3, -0.25) is 9.59 Å². The number of carbonyl (C=O) groups is 3. The zero-order chi connectivity index (χ0) is 22.0. The van der Waals surface area contributed by atoms with Crippen LogP contribution < -0.4 is 10.6 Å². The van der Waals surface area contributed by atoms with Gasteiger partial charge in [0.2, 0.25) is 0 Å². The average Bonchev–Trinajstić information content (AvgIpc) is 3.31. The molecule has 2 heterocycles. The lowest BCUT2D eigenvalue weighted by Crippen LogP contribution is -2.31. The lowest BCUT2D eigenvalue weighted by Gasteiger charge is -2.17. The molecule has 1 fully saturated rings. The second-order valence-corrected chi connectivity index (χ2v) is 7.37. The maximum Gasteiger partial charge on any atom is 0.337 e. The summed E-state index contributed by atoms with van der Waals surface area (Å²) in [5.41, 5.74) is 1.74. The van der Waals surface area contributed by atoms with Gasteiger partial charge in [0, 0.05) is 30.5 Å². The van der Waals surface area contributed by atoms with Crippen molar-refractivity contribution in [2.24, 2.45) is 0 Å². The number of hydrogen-bond donors (Lipinski definition) is 3. The van der Waals surface area contributed by atoms with Crippen molar-refractivity contribution in [3.63, 3.8) is 0 Å². The second kappa shape index (κ2) is 8.60. The summed E-state index contributed by atoms with van der Waals surface area (Å²) in [6.07, 6.45) is 6.87. The number of esters is 1. The number of ether oxygens (including phenoxy) is 1. The van der Waals surface area contributed by atoms with Crippen LogP contribution in [0.25, 0.3) is 5.69 Å². The van der Waals surface area contributed by atoms with Crippen LogP contribution in [0.3, 0.4) is 0 Å². The van der Waals surface area contributed by atoms with Gasteiger partial charge >= 0.3 is 5.97 Å². The van der Waals surface area contributed by atoms with Crippen molar-refractivity contribution in [1.29, 1.82) is 0 Å². The molecule has 4 rings (SSSR count). The Balaban J connectivity index is 1.72. The highest BCUT2D eigenvalue weighted by atomic mass is 16.5. The van der Waals surface area contributed by atoms with Gasteiger partial charge in [0.05, 0.1) is 43.5 Å². The van der Waals surface area contributed by atoms with E-state index in [9.17, 15) is 19.5 Å². The summed E-state index contributed by atoms with van der Waals surface area (Å²) in [6, 6.07) is 5.28. The van der Waals surface area contributed by atoms with E-state index in [2.05, 4.69) is 15.6 Å². The first-order valence-corrected chi connectivity index (χ1v) is 9.93. The molecular formula is C21H23N5O5. The molecule has 2 aromatic rings. The number of aliphatic hydroxyl groups excluding tert-OH is 1. The number of nitrogens with zero attached hydrogens (tertiary/aromatic N) is 3. The molecule has 10 nitrogen and oxygen atoms in total. The number of aliphatic hydroxyl groups is 1. The van der Waals surface area contributed by atoms with E-state index in [1.54, 1.807) is 41.5 Å². The number of carbonyl (C=O) groups excluding carboxylic acids is 3. The number of nitrogens with one attached hydrogen (secondary N) is 2. The Morgan fingerprint density at radius 3 is 2.77 bits per heavy atom. The van der Waals surface area contributed by atoms with Crippen molar-refractivity contribution in [3.05, 3.63) is 53.8 Å². The SMILES string of the molecule is COC(=O)C1=C(Nc2cc(C(=O)NC3CC3)ccc2-n2ccnc2)C(=O)N(CCO)C1. The summed E-state index contributed by atoms with van der Waals surface area (Å²) in [5.74, 6) is -1.27. The maximum absolute atomic E-state index is 12.9. The minimum absolute atomic E-state index is 0.0245. The van der Waals surface area contributed by atoms with Crippen LogP contribution in [0.5, 0.6) is 0 Å². The Morgan fingerprint density at radius 2 is 2.13 bits per heavy atom. The predicted molar refractivity (Wildman–Crippen MR) is 110 cm³/mol. The number of methoxy groups -OCH3 is 1.